The Morgan fingerprint density at radius 3 is 2.88 bits per heavy atom. The van der Waals surface area contributed by atoms with Crippen molar-refractivity contribution in [2.75, 3.05) is 24.6 Å². The van der Waals surface area contributed by atoms with Crippen molar-refractivity contribution in [3.05, 3.63) is 53.5 Å². The van der Waals surface area contributed by atoms with Gasteiger partial charge in [-0.3, -0.25) is 9.67 Å². The van der Waals surface area contributed by atoms with Crippen molar-refractivity contribution < 1.29 is 4.74 Å². The smallest absolute Gasteiger partial charge is 0.103 e. The first kappa shape index (κ1) is 16.1. The highest BCUT2D eigenvalue weighted by Gasteiger charge is 2.26. The number of morpholine rings is 1. The van der Waals surface area contributed by atoms with E-state index in [4.69, 9.17) is 9.72 Å². The topological polar surface area (TPSA) is 43.2 Å². The largest absolute Gasteiger partial charge is 0.370 e. The monoisotopic (exact) mass is 336 g/mol. The van der Waals surface area contributed by atoms with E-state index in [9.17, 15) is 0 Å². The van der Waals surface area contributed by atoms with Crippen LogP contribution in [0.15, 0.2) is 36.7 Å². The molecule has 0 bridgehead atoms. The summed E-state index contributed by atoms with van der Waals surface area (Å²) in [7, 11) is 1.94. The molecule has 1 fully saturated rings. The molecule has 3 heterocycles. The number of ether oxygens (including phenoxy) is 1. The number of nitrogens with zero attached hydrogens (tertiary/aromatic N) is 4. The molecule has 1 unspecified atom stereocenters. The van der Waals surface area contributed by atoms with Crippen LogP contribution in [0.4, 0.5) is 5.69 Å². The average Bonchev–Trinajstić information content (AvgIpc) is 3.07. The van der Waals surface area contributed by atoms with Crippen molar-refractivity contribution in [2.24, 2.45) is 7.05 Å². The lowest BCUT2D eigenvalue weighted by Gasteiger charge is -2.36. The number of para-hydroxylation sites is 1. The Kier molecular flexibility index (Phi) is 4.17. The number of rotatable bonds is 3. The van der Waals surface area contributed by atoms with E-state index in [0.717, 1.165) is 42.9 Å². The molecule has 4 rings (SSSR count). The second-order valence-corrected chi connectivity index (χ2v) is 6.65. The third-order valence-electron chi connectivity index (χ3n) is 5.00. The first-order valence-electron chi connectivity index (χ1n) is 8.90. The Hall–Kier alpha value is -2.40. The Morgan fingerprint density at radius 2 is 2.12 bits per heavy atom. The van der Waals surface area contributed by atoms with E-state index in [-0.39, 0.29) is 6.10 Å². The van der Waals surface area contributed by atoms with E-state index in [1.165, 1.54) is 16.6 Å². The summed E-state index contributed by atoms with van der Waals surface area (Å²) in [5.74, 6) is 0. The van der Waals surface area contributed by atoms with Crippen LogP contribution in [0.2, 0.25) is 0 Å². The van der Waals surface area contributed by atoms with Gasteiger partial charge in [0.1, 0.15) is 6.10 Å². The molecule has 0 radical (unpaired) electrons. The van der Waals surface area contributed by atoms with Crippen LogP contribution < -0.4 is 4.90 Å². The summed E-state index contributed by atoms with van der Waals surface area (Å²) < 4.78 is 7.87. The average molecular weight is 336 g/mol. The molecule has 1 aliphatic heterocycles. The van der Waals surface area contributed by atoms with Gasteiger partial charge in [-0.15, -0.1) is 0 Å². The summed E-state index contributed by atoms with van der Waals surface area (Å²) in [5, 5.41) is 5.53. The number of hydrogen-bond donors (Lipinski definition) is 0. The SMILES string of the molecule is CCc1c(C)nc2ccccc2c1N1CCOC(c2cnn(C)c2)C1. The molecule has 0 N–H and O–H groups in total. The lowest BCUT2D eigenvalue weighted by Crippen LogP contribution is -2.39. The minimum atomic E-state index is 0.0550. The molecule has 2 aromatic heterocycles. The summed E-state index contributed by atoms with van der Waals surface area (Å²) in [6.07, 6.45) is 4.99. The molecule has 25 heavy (non-hydrogen) atoms. The summed E-state index contributed by atoms with van der Waals surface area (Å²) in [6, 6.07) is 8.44. The second-order valence-electron chi connectivity index (χ2n) is 6.65. The molecule has 0 saturated carbocycles. The zero-order valence-electron chi connectivity index (χ0n) is 15.1. The number of benzene rings is 1. The van der Waals surface area contributed by atoms with Crippen LogP contribution in [0.3, 0.4) is 0 Å². The van der Waals surface area contributed by atoms with Crippen molar-refractivity contribution in [3.63, 3.8) is 0 Å². The fraction of sp³-hybridized carbons (Fsp3) is 0.400. The quantitative estimate of drug-likeness (QED) is 0.735. The maximum Gasteiger partial charge on any atom is 0.103 e. The molecule has 3 aromatic rings. The highest BCUT2D eigenvalue weighted by atomic mass is 16.5. The van der Waals surface area contributed by atoms with Crippen molar-refractivity contribution in [3.8, 4) is 0 Å². The van der Waals surface area contributed by atoms with E-state index in [0.29, 0.717) is 0 Å². The standard InChI is InChI=1S/C20H24N4O/c1-4-16-14(2)22-18-8-6-5-7-17(18)20(16)24-9-10-25-19(13-24)15-11-21-23(3)12-15/h5-8,11-12,19H,4,9-10,13H2,1-3H3. The van der Waals surface area contributed by atoms with Gasteiger partial charge in [0.15, 0.2) is 0 Å². The highest BCUT2D eigenvalue weighted by Crippen LogP contribution is 2.35. The molecule has 0 amide bonds. The van der Waals surface area contributed by atoms with Gasteiger partial charge >= 0.3 is 0 Å². The van der Waals surface area contributed by atoms with Crippen molar-refractivity contribution in [1.82, 2.24) is 14.8 Å². The Bertz CT molecular complexity index is 902. The molecular formula is C20H24N4O. The molecule has 0 aliphatic carbocycles. The van der Waals surface area contributed by atoms with E-state index < -0.39 is 0 Å². The van der Waals surface area contributed by atoms with Gasteiger partial charge in [0.05, 0.1) is 24.0 Å². The summed E-state index contributed by atoms with van der Waals surface area (Å²) >= 11 is 0. The van der Waals surface area contributed by atoms with Crippen LogP contribution in [0, 0.1) is 6.92 Å². The molecule has 1 saturated heterocycles. The van der Waals surface area contributed by atoms with Crippen molar-refractivity contribution in [2.45, 2.75) is 26.4 Å². The highest BCUT2D eigenvalue weighted by molar-refractivity contribution is 5.94. The maximum atomic E-state index is 6.03. The van der Waals surface area contributed by atoms with Gasteiger partial charge in [0.2, 0.25) is 0 Å². The molecule has 130 valence electrons. The molecule has 1 aromatic carbocycles. The van der Waals surface area contributed by atoms with Gasteiger partial charge in [-0.25, -0.2) is 0 Å². The van der Waals surface area contributed by atoms with Crippen molar-refractivity contribution in [1.29, 1.82) is 0 Å². The minimum Gasteiger partial charge on any atom is -0.370 e. The first-order valence-corrected chi connectivity index (χ1v) is 8.90. The van der Waals surface area contributed by atoms with Gasteiger partial charge in [0.25, 0.3) is 0 Å². The second kappa shape index (κ2) is 6.48. The molecule has 1 atom stereocenters. The number of aryl methyl sites for hydroxylation is 2. The molecule has 0 spiro atoms. The van der Waals surface area contributed by atoms with Gasteiger partial charge in [-0.2, -0.15) is 5.10 Å². The molecular weight excluding hydrogens is 312 g/mol. The van der Waals surface area contributed by atoms with E-state index in [1.54, 1.807) is 0 Å². The predicted molar refractivity (Wildman–Crippen MR) is 100.0 cm³/mol. The third-order valence-corrected chi connectivity index (χ3v) is 5.00. The van der Waals surface area contributed by atoms with Crippen LogP contribution in [0.5, 0.6) is 0 Å². The first-order chi connectivity index (χ1) is 12.2. The molecule has 5 heteroatoms. The van der Waals surface area contributed by atoms with Gasteiger partial charge in [0, 0.05) is 43.0 Å². The van der Waals surface area contributed by atoms with E-state index in [2.05, 4.69) is 48.1 Å². The van der Waals surface area contributed by atoms with Gasteiger partial charge in [-0.1, -0.05) is 25.1 Å². The predicted octanol–water partition coefficient (Wildman–Crippen LogP) is 3.42. The Labute approximate surface area is 148 Å². The number of pyridine rings is 1. The van der Waals surface area contributed by atoms with Crippen LogP contribution in [-0.4, -0.2) is 34.5 Å². The molecule has 1 aliphatic rings. The van der Waals surface area contributed by atoms with Crippen molar-refractivity contribution >= 4 is 16.6 Å². The zero-order chi connectivity index (χ0) is 17.4. The lowest BCUT2D eigenvalue weighted by molar-refractivity contribution is 0.0398. The normalized spacial score (nSPS) is 18.0. The van der Waals surface area contributed by atoms with E-state index >= 15 is 0 Å². The number of hydrogen-bond acceptors (Lipinski definition) is 4. The summed E-state index contributed by atoms with van der Waals surface area (Å²) in [5.41, 5.74) is 5.99. The van der Waals surface area contributed by atoms with Crippen LogP contribution in [-0.2, 0) is 18.2 Å². The van der Waals surface area contributed by atoms with Gasteiger partial charge in [-0.05, 0) is 25.0 Å². The number of fused-ring (bicyclic) bond motifs is 1. The fourth-order valence-corrected chi connectivity index (χ4v) is 3.80. The number of anilines is 1. The van der Waals surface area contributed by atoms with Crippen LogP contribution >= 0.6 is 0 Å². The van der Waals surface area contributed by atoms with Crippen LogP contribution in [0.1, 0.15) is 29.8 Å². The maximum absolute atomic E-state index is 6.03. The van der Waals surface area contributed by atoms with Crippen LogP contribution in [0.25, 0.3) is 10.9 Å². The Balaban J connectivity index is 1.78. The van der Waals surface area contributed by atoms with Gasteiger partial charge < -0.3 is 9.64 Å². The third kappa shape index (κ3) is 2.89. The Morgan fingerprint density at radius 1 is 1.28 bits per heavy atom. The fourth-order valence-electron chi connectivity index (χ4n) is 3.80. The minimum absolute atomic E-state index is 0.0550. The summed E-state index contributed by atoms with van der Waals surface area (Å²) in [4.78, 5) is 7.28. The summed E-state index contributed by atoms with van der Waals surface area (Å²) in [6.45, 7) is 6.79. The lowest BCUT2D eigenvalue weighted by atomic mass is 10.0. The van der Waals surface area contributed by atoms with E-state index in [1.807, 2.05) is 24.1 Å². The number of aromatic nitrogens is 3. The molecule has 5 nitrogen and oxygen atoms in total. The zero-order valence-corrected chi connectivity index (χ0v) is 15.1.